The first-order valence-electron chi connectivity index (χ1n) is 11.3. The minimum atomic E-state index is -0.567. The van der Waals surface area contributed by atoms with Gasteiger partial charge in [-0.2, -0.15) is 0 Å². The number of amides is 1. The molecule has 2 aromatic carbocycles. The average molecular weight is 451 g/mol. The fourth-order valence-corrected chi connectivity index (χ4v) is 4.30. The molecule has 1 atom stereocenters. The third-order valence-corrected chi connectivity index (χ3v) is 6.03. The van der Waals surface area contributed by atoms with E-state index in [1.807, 2.05) is 63.2 Å². The summed E-state index contributed by atoms with van der Waals surface area (Å²) < 4.78 is 17.2. The van der Waals surface area contributed by atoms with Crippen LogP contribution in [0.2, 0.25) is 0 Å². The number of fused-ring (bicyclic) bond motifs is 2. The molecule has 33 heavy (non-hydrogen) atoms. The van der Waals surface area contributed by atoms with Crippen LogP contribution in [0.5, 0.6) is 11.5 Å². The summed E-state index contributed by atoms with van der Waals surface area (Å²) in [5.41, 5.74) is 2.47. The van der Waals surface area contributed by atoms with Crippen molar-refractivity contribution in [3.8, 4) is 11.5 Å². The summed E-state index contributed by atoms with van der Waals surface area (Å²) in [6.45, 7) is 5.55. The maximum atomic E-state index is 13.7. The molecule has 1 amide bonds. The van der Waals surface area contributed by atoms with Crippen LogP contribution in [0.15, 0.2) is 45.6 Å². The molecule has 7 nitrogen and oxygen atoms in total. The van der Waals surface area contributed by atoms with Crippen LogP contribution in [-0.4, -0.2) is 56.6 Å². The van der Waals surface area contributed by atoms with Crippen molar-refractivity contribution in [3.05, 3.63) is 69.1 Å². The summed E-state index contributed by atoms with van der Waals surface area (Å²) in [4.78, 5) is 30.9. The molecule has 3 aromatic rings. The van der Waals surface area contributed by atoms with E-state index in [9.17, 15) is 9.59 Å². The first-order valence-corrected chi connectivity index (χ1v) is 11.3. The van der Waals surface area contributed by atoms with Gasteiger partial charge in [-0.25, -0.2) is 0 Å². The zero-order valence-corrected chi connectivity index (χ0v) is 19.8. The highest BCUT2D eigenvalue weighted by Crippen LogP contribution is 2.40. The summed E-state index contributed by atoms with van der Waals surface area (Å²) in [7, 11) is 5.48. The van der Waals surface area contributed by atoms with Gasteiger partial charge in [-0.05, 0) is 62.8 Å². The highest BCUT2D eigenvalue weighted by atomic mass is 16.5. The second-order valence-corrected chi connectivity index (χ2v) is 8.41. The summed E-state index contributed by atoms with van der Waals surface area (Å²) >= 11 is 0. The Bertz CT molecular complexity index is 1250. The van der Waals surface area contributed by atoms with Gasteiger partial charge in [0.15, 0.2) is 16.9 Å². The zero-order chi connectivity index (χ0) is 23.7. The molecule has 0 saturated heterocycles. The van der Waals surface area contributed by atoms with Crippen LogP contribution < -0.4 is 14.9 Å². The third-order valence-electron chi connectivity index (χ3n) is 6.03. The van der Waals surface area contributed by atoms with Crippen molar-refractivity contribution < 1.29 is 18.7 Å². The molecule has 4 rings (SSSR count). The number of rotatable bonds is 8. The molecule has 174 valence electrons. The summed E-state index contributed by atoms with van der Waals surface area (Å²) in [6.07, 6.45) is 0.805. The number of carbonyl (C=O) groups excluding carboxylic acids is 1. The normalized spacial score (nSPS) is 15.4. The molecule has 1 aliphatic rings. The van der Waals surface area contributed by atoms with E-state index < -0.39 is 6.04 Å². The third kappa shape index (κ3) is 4.09. The highest BCUT2D eigenvalue weighted by molar-refractivity contribution is 5.99. The summed E-state index contributed by atoms with van der Waals surface area (Å²) in [6, 6.07) is 10.5. The first kappa shape index (κ1) is 22.9. The van der Waals surface area contributed by atoms with Gasteiger partial charge in [0, 0.05) is 13.1 Å². The standard InChI is InChI=1S/C26H30N2O5/c1-6-16-8-10-19-18(14-16)24(29)22-23(17-9-11-20(32-7-2)21(15-17)31-5)28(13-12-27(3)4)26(30)25(22)33-19/h8-11,14-15,23H,6-7,12-13H2,1-5H3. The predicted octanol–water partition coefficient (Wildman–Crippen LogP) is 3.87. The van der Waals surface area contributed by atoms with E-state index in [1.165, 1.54) is 0 Å². The topological polar surface area (TPSA) is 72.2 Å². The second kappa shape index (κ2) is 9.27. The van der Waals surface area contributed by atoms with Crippen LogP contribution in [-0.2, 0) is 6.42 Å². The molecule has 0 spiro atoms. The molecule has 0 fully saturated rings. The maximum absolute atomic E-state index is 13.7. The van der Waals surface area contributed by atoms with E-state index >= 15 is 0 Å². The highest BCUT2D eigenvalue weighted by Gasteiger charge is 2.42. The lowest BCUT2D eigenvalue weighted by Crippen LogP contribution is -2.35. The van der Waals surface area contributed by atoms with Crippen molar-refractivity contribution in [2.45, 2.75) is 26.3 Å². The van der Waals surface area contributed by atoms with E-state index in [0.29, 0.717) is 47.7 Å². The Morgan fingerprint density at radius 2 is 1.85 bits per heavy atom. The fraction of sp³-hybridized carbons (Fsp3) is 0.385. The van der Waals surface area contributed by atoms with E-state index in [1.54, 1.807) is 18.1 Å². The number of methoxy groups -OCH3 is 1. The van der Waals surface area contributed by atoms with E-state index in [2.05, 4.69) is 0 Å². The van der Waals surface area contributed by atoms with Crippen LogP contribution in [0, 0.1) is 0 Å². The van der Waals surface area contributed by atoms with Crippen molar-refractivity contribution in [1.29, 1.82) is 0 Å². The summed E-state index contributed by atoms with van der Waals surface area (Å²) in [5.74, 6) is 1.02. The van der Waals surface area contributed by atoms with Gasteiger partial charge >= 0.3 is 0 Å². The molecule has 0 aliphatic carbocycles. The molecular formula is C26H30N2O5. The molecular weight excluding hydrogens is 420 g/mol. The van der Waals surface area contributed by atoms with Crippen LogP contribution in [0.1, 0.15) is 47.1 Å². The average Bonchev–Trinajstić information content (AvgIpc) is 3.09. The number of likely N-dealkylation sites (N-methyl/N-ethyl adjacent to an activating group) is 1. The molecule has 0 N–H and O–H groups in total. The fourth-order valence-electron chi connectivity index (χ4n) is 4.30. The first-order chi connectivity index (χ1) is 15.9. The monoisotopic (exact) mass is 450 g/mol. The molecule has 1 aliphatic heterocycles. The molecule has 0 radical (unpaired) electrons. The number of carbonyl (C=O) groups is 1. The van der Waals surface area contributed by atoms with Crippen molar-refractivity contribution in [2.24, 2.45) is 0 Å². The number of nitrogens with zero attached hydrogens (tertiary/aromatic N) is 2. The molecule has 2 heterocycles. The van der Waals surface area contributed by atoms with Crippen molar-refractivity contribution >= 4 is 16.9 Å². The minimum Gasteiger partial charge on any atom is -0.493 e. The molecule has 0 saturated carbocycles. The Balaban J connectivity index is 1.92. The van der Waals surface area contributed by atoms with Gasteiger partial charge in [0.05, 0.1) is 30.7 Å². The van der Waals surface area contributed by atoms with Gasteiger partial charge < -0.3 is 23.7 Å². The lowest BCUT2D eigenvalue weighted by molar-refractivity contribution is 0.0716. The van der Waals surface area contributed by atoms with Crippen molar-refractivity contribution in [2.75, 3.05) is 40.9 Å². The Hall–Kier alpha value is -3.32. The largest absolute Gasteiger partial charge is 0.493 e. The number of hydrogen-bond donors (Lipinski definition) is 0. The van der Waals surface area contributed by atoms with Crippen molar-refractivity contribution in [1.82, 2.24) is 9.80 Å². The predicted molar refractivity (Wildman–Crippen MR) is 127 cm³/mol. The zero-order valence-electron chi connectivity index (χ0n) is 19.8. The van der Waals surface area contributed by atoms with E-state index in [4.69, 9.17) is 13.9 Å². The smallest absolute Gasteiger partial charge is 0.290 e. The Morgan fingerprint density at radius 3 is 2.52 bits per heavy atom. The van der Waals surface area contributed by atoms with Gasteiger partial charge in [0.2, 0.25) is 5.76 Å². The van der Waals surface area contributed by atoms with Crippen LogP contribution in [0.4, 0.5) is 0 Å². The molecule has 0 bridgehead atoms. The number of benzene rings is 2. The van der Waals surface area contributed by atoms with Gasteiger partial charge in [0.25, 0.3) is 5.91 Å². The van der Waals surface area contributed by atoms with Gasteiger partial charge in [-0.1, -0.05) is 19.1 Å². The SMILES string of the molecule is CCOc1ccc(C2c3c(oc4ccc(CC)cc4c3=O)C(=O)N2CCN(C)C)cc1OC. The minimum absolute atomic E-state index is 0.119. The van der Waals surface area contributed by atoms with E-state index in [-0.39, 0.29) is 17.1 Å². The number of hydrogen-bond acceptors (Lipinski definition) is 6. The van der Waals surface area contributed by atoms with Crippen LogP contribution in [0.25, 0.3) is 11.0 Å². The Morgan fingerprint density at radius 1 is 1.06 bits per heavy atom. The molecule has 1 unspecified atom stereocenters. The van der Waals surface area contributed by atoms with Gasteiger partial charge in [-0.15, -0.1) is 0 Å². The quantitative estimate of drug-likeness (QED) is 0.519. The lowest BCUT2D eigenvalue weighted by Gasteiger charge is -2.27. The van der Waals surface area contributed by atoms with Crippen LogP contribution >= 0.6 is 0 Å². The van der Waals surface area contributed by atoms with Crippen molar-refractivity contribution in [3.63, 3.8) is 0 Å². The molecule has 1 aromatic heterocycles. The number of ether oxygens (including phenoxy) is 2. The maximum Gasteiger partial charge on any atom is 0.290 e. The second-order valence-electron chi connectivity index (χ2n) is 8.41. The van der Waals surface area contributed by atoms with Gasteiger partial charge in [-0.3, -0.25) is 9.59 Å². The Labute approximate surface area is 193 Å². The summed E-state index contributed by atoms with van der Waals surface area (Å²) in [5, 5.41) is 0.498. The van der Waals surface area contributed by atoms with Gasteiger partial charge in [0.1, 0.15) is 5.58 Å². The van der Waals surface area contributed by atoms with Crippen LogP contribution in [0.3, 0.4) is 0 Å². The number of aryl methyl sites for hydroxylation is 1. The van der Waals surface area contributed by atoms with E-state index in [0.717, 1.165) is 17.5 Å². The lowest BCUT2D eigenvalue weighted by atomic mass is 9.97. The Kier molecular flexibility index (Phi) is 6.42. The molecule has 7 heteroatoms.